The molecule has 1 aromatic rings. The molecule has 2 N–H and O–H groups in total. The minimum Gasteiger partial charge on any atom is -0.381 e. The van der Waals surface area contributed by atoms with E-state index < -0.39 is 5.82 Å². The third-order valence-corrected chi connectivity index (χ3v) is 5.56. The molecule has 2 saturated heterocycles. The van der Waals surface area contributed by atoms with E-state index in [2.05, 4.69) is 20.5 Å². The fraction of sp³-hybridized carbons (Fsp3) is 0.600. The predicted octanol–water partition coefficient (Wildman–Crippen LogP) is 1.72. The van der Waals surface area contributed by atoms with Crippen LogP contribution in [0.3, 0.4) is 0 Å². The number of benzene rings is 1. The van der Waals surface area contributed by atoms with Crippen molar-refractivity contribution in [3.8, 4) is 0 Å². The molecule has 0 aliphatic carbocycles. The number of aliphatic imine (C=N–C) groups is 1. The van der Waals surface area contributed by atoms with Crippen molar-refractivity contribution in [1.29, 1.82) is 0 Å². The number of rotatable bonds is 6. The summed E-state index contributed by atoms with van der Waals surface area (Å²) >= 11 is 5.79. The Kier molecular flexibility index (Phi) is 7.55. The maximum Gasteiger partial charge on any atom is 0.243 e. The van der Waals surface area contributed by atoms with Gasteiger partial charge in [0.2, 0.25) is 5.91 Å². The molecular formula is C20H29ClFN5O2. The van der Waals surface area contributed by atoms with Crippen molar-refractivity contribution in [3.63, 3.8) is 0 Å². The van der Waals surface area contributed by atoms with Crippen LogP contribution < -0.4 is 15.5 Å². The molecule has 2 unspecified atom stereocenters. The number of carbonyl (C=O) groups excluding carboxylic acids is 1. The summed E-state index contributed by atoms with van der Waals surface area (Å²) in [6.45, 7) is 3.90. The first kappa shape index (κ1) is 21.6. The second-order valence-corrected chi connectivity index (χ2v) is 8.15. The number of nitrogens with one attached hydrogen (secondary N) is 2. The summed E-state index contributed by atoms with van der Waals surface area (Å²) in [5.74, 6) is 0.607. The lowest BCUT2D eigenvalue weighted by molar-refractivity contribution is -0.127. The zero-order valence-electron chi connectivity index (χ0n) is 17.0. The van der Waals surface area contributed by atoms with Gasteiger partial charge in [-0.15, -0.1) is 0 Å². The molecule has 2 heterocycles. The summed E-state index contributed by atoms with van der Waals surface area (Å²) < 4.78 is 19.2. The topological polar surface area (TPSA) is 69.2 Å². The fourth-order valence-corrected chi connectivity index (χ4v) is 3.53. The Morgan fingerprint density at radius 3 is 2.93 bits per heavy atom. The minimum atomic E-state index is -0.412. The van der Waals surface area contributed by atoms with Crippen LogP contribution in [0.25, 0.3) is 0 Å². The van der Waals surface area contributed by atoms with Gasteiger partial charge in [-0.05, 0) is 31.0 Å². The standard InChI is InChI=1S/C20H29ClFN5O2/c1-26(2)19(28)11-24-20(23-10-14-6-8-29-13-14)25-15-5-7-27(12-15)16-3-4-17(21)18(22)9-16/h3-4,9,14-15H,5-8,10-13H2,1-2H3,(H2,23,24,25). The highest BCUT2D eigenvalue weighted by Crippen LogP contribution is 2.25. The molecule has 0 bridgehead atoms. The van der Waals surface area contributed by atoms with Crippen LogP contribution in [0.5, 0.6) is 0 Å². The van der Waals surface area contributed by atoms with E-state index in [9.17, 15) is 9.18 Å². The number of hydrogen-bond donors (Lipinski definition) is 2. The van der Waals surface area contributed by atoms with Crippen molar-refractivity contribution in [2.45, 2.75) is 18.9 Å². The summed E-state index contributed by atoms with van der Waals surface area (Å²) in [7, 11) is 3.43. The largest absolute Gasteiger partial charge is 0.381 e. The van der Waals surface area contributed by atoms with E-state index in [1.54, 1.807) is 20.2 Å². The summed E-state index contributed by atoms with van der Waals surface area (Å²) in [6.07, 6.45) is 1.91. The van der Waals surface area contributed by atoms with Crippen LogP contribution in [0.4, 0.5) is 10.1 Å². The Balaban J connectivity index is 1.59. The number of amides is 1. The van der Waals surface area contributed by atoms with Gasteiger partial charge in [-0.2, -0.15) is 0 Å². The Labute approximate surface area is 176 Å². The molecule has 2 fully saturated rings. The maximum atomic E-state index is 13.8. The number of likely N-dealkylation sites (N-methyl/N-ethyl adjacent to an activating group) is 1. The van der Waals surface area contributed by atoms with Gasteiger partial charge in [0.15, 0.2) is 5.96 Å². The van der Waals surface area contributed by atoms with Gasteiger partial charge in [0.1, 0.15) is 12.4 Å². The zero-order valence-corrected chi connectivity index (χ0v) is 17.7. The Morgan fingerprint density at radius 2 is 2.24 bits per heavy atom. The molecule has 1 amide bonds. The molecular weight excluding hydrogens is 397 g/mol. The molecule has 0 aromatic heterocycles. The third kappa shape index (κ3) is 6.21. The number of hydrogen-bond acceptors (Lipinski definition) is 4. The van der Waals surface area contributed by atoms with Crippen molar-refractivity contribution in [3.05, 3.63) is 29.0 Å². The van der Waals surface area contributed by atoms with E-state index in [0.717, 1.165) is 51.4 Å². The molecule has 0 saturated carbocycles. The average Bonchev–Trinajstić information content (AvgIpc) is 3.37. The summed E-state index contributed by atoms with van der Waals surface area (Å²) in [5, 5.41) is 6.90. The molecule has 29 heavy (non-hydrogen) atoms. The Hall–Kier alpha value is -2.06. The summed E-state index contributed by atoms with van der Waals surface area (Å²) in [6, 6.07) is 5.03. The first-order valence-corrected chi connectivity index (χ1v) is 10.3. The molecule has 7 nitrogen and oxygen atoms in total. The van der Waals surface area contributed by atoms with Crippen LogP contribution in [0.1, 0.15) is 12.8 Å². The molecule has 2 aliphatic heterocycles. The van der Waals surface area contributed by atoms with Gasteiger partial charge in [-0.25, -0.2) is 9.38 Å². The molecule has 9 heteroatoms. The number of nitrogens with zero attached hydrogens (tertiary/aromatic N) is 3. The monoisotopic (exact) mass is 425 g/mol. The van der Waals surface area contributed by atoms with Crippen LogP contribution >= 0.6 is 11.6 Å². The second kappa shape index (κ2) is 10.1. The molecule has 160 valence electrons. The minimum absolute atomic E-state index is 0.0556. The summed E-state index contributed by atoms with van der Waals surface area (Å²) in [5.41, 5.74) is 0.813. The number of ether oxygens (including phenoxy) is 1. The first-order valence-electron chi connectivity index (χ1n) is 9.95. The molecule has 1 aromatic carbocycles. The van der Waals surface area contributed by atoms with Gasteiger partial charge in [0.25, 0.3) is 0 Å². The lowest BCUT2D eigenvalue weighted by Crippen LogP contribution is -2.46. The molecule has 0 spiro atoms. The second-order valence-electron chi connectivity index (χ2n) is 7.74. The van der Waals surface area contributed by atoms with Gasteiger partial charge < -0.3 is 25.2 Å². The number of anilines is 1. The van der Waals surface area contributed by atoms with Gasteiger partial charge in [0, 0.05) is 58.0 Å². The molecule has 0 radical (unpaired) electrons. The van der Waals surface area contributed by atoms with Crippen molar-refractivity contribution >= 4 is 29.2 Å². The highest BCUT2D eigenvalue weighted by Gasteiger charge is 2.25. The summed E-state index contributed by atoms with van der Waals surface area (Å²) in [4.78, 5) is 20.0. The number of halogens is 2. The maximum absolute atomic E-state index is 13.8. The quantitative estimate of drug-likeness (QED) is 0.536. The highest BCUT2D eigenvalue weighted by molar-refractivity contribution is 6.30. The van der Waals surface area contributed by atoms with Crippen molar-refractivity contribution in [2.75, 3.05) is 58.4 Å². The van der Waals surface area contributed by atoms with E-state index >= 15 is 0 Å². The third-order valence-electron chi connectivity index (χ3n) is 5.25. The van der Waals surface area contributed by atoms with Crippen molar-refractivity contribution in [2.24, 2.45) is 10.9 Å². The van der Waals surface area contributed by atoms with Gasteiger partial charge in [-0.3, -0.25) is 4.79 Å². The van der Waals surface area contributed by atoms with E-state index in [-0.39, 0.29) is 23.5 Å². The Bertz CT molecular complexity index is 740. The Morgan fingerprint density at radius 1 is 1.41 bits per heavy atom. The average molecular weight is 426 g/mol. The first-order chi connectivity index (χ1) is 13.9. The fourth-order valence-electron chi connectivity index (χ4n) is 3.41. The molecule has 2 aliphatic rings. The van der Waals surface area contributed by atoms with Crippen LogP contribution in [-0.2, 0) is 9.53 Å². The van der Waals surface area contributed by atoms with Crippen LogP contribution in [0.2, 0.25) is 5.02 Å². The predicted molar refractivity (Wildman–Crippen MR) is 113 cm³/mol. The normalized spacial score (nSPS) is 22.1. The van der Waals surface area contributed by atoms with Crippen LogP contribution in [0, 0.1) is 11.7 Å². The smallest absolute Gasteiger partial charge is 0.243 e. The van der Waals surface area contributed by atoms with E-state index in [1.165, 1.54) is 11.0 Å². The lowest BCUT2D eigenvalue weighted by atomic mass is 10.1. The van der Waals surface area contributed by atoms with E-state index in [4.69, 9.17) is 16.3 Å². The van der Waals surface area contributed by atoms with Crippen molar-refractivity contribution in [1.82, 2.24) is 15.5 Å². The van der Waals surface area contributed by atoms with Crippen LogP contribution in [0.15, 0.2) is 23.2 Å². The number of guanidine groups is 1. The van der Waals surface area contributed by atoms with Gasteiger partial charge >= 0.3 is 0 Å². The lowest BCUT2D eigenvalue weighted by Gasteiger charge is -2.21. The van der Waals surface area contributed by atoms with Crippen molar-refractivity contribution < 1.29 is 13.9 Å². The molecule has 2 atom stereocenters. The highest BCUT2D eigenvalue weighted by atomic mass is 35.5. The van der Waals surface area contributed by atoms with Crippen LogP contribution in [-0.4, -0.2) is 76.3 Å². The van der Waals surface area contributed by atoms with Gasteiger partial charge in [-0.1, -0.05) is 11.6 Å². The number of carbonyl (C=O) groups is 1. The van der Waals surface area contributed by atoms with E-state index in [0.29, 0.717) is 11.9 Å². The van der Waals surface area contributed by atoms with Gasteiger partial charge in [0.05, 0.1) is 11.6 Å². The SMILES string of the molecule is CN(C)C(=O)CN=C(NCC1CCOC1)NC1CCN(c2ccc(Cl)c(F)c2)C1. The molecule has 3 rings (SSSR count). The zero-order chi connectivity index (χ0) is 20.8. The van der Waals surface area contributed by atoms with E-state index in [1.807, 2.05) is 6.07 Å².